The largest absolute Gasteiger partial charge is 0.481 e. The lowest BCUT2D eigenvalue weighted by Crippen LogP contribution is -2.37. The standard InChI is InChI=1S/C13H12N2O7/c14-15(9(13(21)22)5-6-10(16)17)11(18)7-3-1-2-4-8(7)12(19)20/h1-4,9,14H,5-6H2,(H2-,16,17,19,20,21,22)/p+1/t9-/m0/s1. The first-order chi connectivity index (χ1) is 10.3. The highest BCUT2D eigenvalue weighted by Crippen LogP contribution is 2.13. The summed E-state index contributed by atoms with van der Waals surface area (Å²) in [5.74, 6) is -5.33. The van der Waals surface area contributed by atoms with Gasteiger partial charge in [0.15, 0.2) is 0 Å². The molecule has 0 aliphatic heterocycles. The Morgan fingerprint density at radius 2 is 1.59 bits per heavy atom. The highest BCUT2D eigenvalue weighted by molar-refractivity contribution is 6.01. The van der Waals surface area contributed by atoms with Crippen LogP contribution in [-0.4, -0.2) is 49.9 Å². The summed E-state index contributed by atoms with van der Waals surface area (Å²) in [5, 5.41) is 26.6. The lowest BCUT2D eigenvalue weighted by molar-refractivity contribution is -0.548. The number of benzene rings is 1. The summed E-state index contributed by atoms with van der Waals surface area (Å²) >= 11 is 0. The number of nitrogens with zero attached hydrogens (tertiary/aromatic N) is 1. The predicted octanol–water partition coefficient (Wildman–Crippen LogP) is 0.886. The molecule has 9 nitrogen and oxygen atoms in total. The van der Waals surface area contributed by atoms with E-state index in [0.717, 1.165) is 12.1 Å². The molecule has 9 heteroatoms. The highest BCUT2D eigenvalue weighted by atomic mass is 16.4. The van der Waals surface area contributed by atoms with Gasteiger partial charge >= 0.3 is 23.8 Å². The fraction of sp³-hybridized carbons (Fsp3) is 0.231. The summed E-state index contributed by atoms with van der Waals surface area (Å²) in [7, 11) is 0. The van der Waals surface area contributed by atoms with Gasteiger partial charge in [0, 0.05) is 6.42 Å². The molecule has 0 bridgehead atoms. The lowest BCUT2D eigenvalue weighted by atomic mass is 10.1. The Hall–Kier alpha value is -3.10. The second-order valence-corrected chi connectivity index (χ2v) is 4.31. The van der Waals surface area contributed by atoms with Crippen molar-refractivity contribution in [3.05, 3.63) is 35.4 Å². The maximum atomic E-state index is 12.1. The normalized spacial score (nSPS) is 11.5. The number of amides is 1. The van der Waals surface area contributed by atoms with Crippen LogP contribution in [0.15, 0.2) is 24.3 Å². The van der Waals surface area contributed by atoms with E-state index in [-0.39, 0.29) is 15.8 Å². The molecule has 0 unspecified atom stereocenters. The summed E-state index contributed by atoms with van der Waals surface area (Å²) in [6.45, 7) is 0. The van der Waals surface area contributed by atoms with Crippen LogP contribution < -0.4 is 0 Å². The number of rotatable bonds is 7. The van der Waals surface area contributed by atoms with Gasteiger partial charge in [0.2, 0.25) is 0 Å². The fourth-order valence-electron chi connectivity index (χ4n) is 1.75. The third-order valence-corrected chi connectivity index (χ3v) is 2.84. The van der Waals surface area contributed by atoms with E-state index in [0.29, 0.717) is 0 Å². The SMILES string of the molecule is N=[N+](C(=O)c1ccccc1C(=O)O)[C@@H](CCC(=O)O)C(=O)O. The Morgan fingerprint density at radius 3 is 2.05 bits per heavy atom. The average Bonchev–Trinajstić information content (AvgIpc) is 2.45. The Morgan fingerprint density at radius 1 is 1.05 bits per heavy atom. The van der Waals surface area contributed by atoms with E-state index in [2.05, 4.69) is 0 Å². The van der Waals surface area contributed by atoms with Crippen LogP contribution >= 0.6 is 0 Å². The smallest absolute Gasteiger partial charge is 0.445 e. The molecular weight excluding hydrogens is 296 g/mol. The second kappa shape index (κ2) is 7.07. The molecule has 1 atom stereocenters. The molecule has 0 spiro atoms. The zero-order chi connectivity index (χ0) is 16.9. The monoisotopic (exact) mass is 309 g/mol. The molecule has 0 saturated carbocycles. The Bertz CT molecular complexity index is 654. The van der Waals surface area contributed by atoms with Gasteiger partial charge in [-0.1, -0.05) is 17.7 Å². The van der Waals surface area contributed by atoms with Crippen LogP contribution in [0.2, 0.25) is 0 Å². The summed E-state index contributed by atoms with van der Waals surface area (Å²) in [5.41, 5.74) is 6.89. The van der Waals surface area contributed by atoms with Crippen molar-refractivity contribution in [2.45, 2.75) is 18.9 Å². The van der Waals surface area contributed by atoms with Crippen molar-refractivity contribution in [2.24, 2.45) is 0 Å². The zero-order valence-corrected chi connectivity index (χ0v) is 11.2. The zero-order valence-electron chi connectivity index (χ0n) is 11.2. The molecule has 22 heavy (non-hydrogen) atoms. The van der Waals surface area contributed by atoms with Crippen LogP contribution in [0.4, 0.5) is 0 Å². The van der Waals surface area contributed by atoms with Crippen molar-refractivity contribution >= 4 is 23.8 Å². The summed E-state index contributed by atoms with van der Waals surface area (Å²) in [6.07, 6.45) is -1.00. The molecule has 4 N–H and O–H groups in total. The molecule has 1 aromatic carbocycles. The van der Waals surface area contributed by atoms with Gasteiger partial charge < -0.3 is 15.3 Å². The number of hydrogen-bond donors (Lipinski definition) is 4. The molecular formula is C13H13N2O7+. The average molecular weight is 309 g/mol. The van der Waals surface area contributed by atoms with Crippen LogP contribution in [0.25, 0.3) is 0 Å². The fourth-order valence-corrected chi connectivity index (χ4v) is 1.75. The van der Waals surface area contributed by atoms with E-state index in [1.165, 1.54) is 12.1 Å². The first-order valence-electron chi connectivity index (χ1n) is 6.07. The van der Waals surface area contributed by atoms with E-state index in [1.54, 1.807) is 0 Å². The van der Waals surface area contributed by atoms with E-state index < -0.39 is 42.7 Å². The summed E-state index contributed by atoms with van der Waals surface area (Å²) in [4.78, 5) is 44.7. The van der Waals surface area contributed by atoms with Gasteiger partial charge in [-0.2, -0.15) is 0 Å². The molecule has 0 fully saturated rings. The summed E-state index contributed by atoms with van der Waals surface area (Å²) < 4.78 is 0.0903. The second-order valence-electron chi connectivity index (χ2n) is 4.31. The van der Waals surface area contributed by atoms with E-state index >= 15 is 0 Å². The number of aromatic carboxylic acids is 1. The number of carboxylic acids is 3. The third-order valence-electron chi connectivity index (χ3n) is 2.84. The molecule has 116 valence electrons. The first kappa shape index (κ1) is 17.0. The van der Waals surface area contributed by atoms with Crippen molar-refractivity contribution in [2.75, 3.05) is 0 Å². The van der Waals surface area contributed by atoms with Gasteiger partial charge in [0.05, 0.1) is 12.0 Å². The minimum atomic E-state index is -1.69. The number of hydrogen-bond acceptors (Lipinski definition) is 5. The van der Waals surface area contributed by atoms with Crippen molar-refractivity contribution < 1.29 is 39.2 Å². The van der Waals surface area contributed by atoms with Crippen LogP contribution in [0, 0.1) is 5.53 Å². The number of carboxylic acid groups (broad SMARTS) is 3. The van der Waals surface area contributed by atoms with E-state index in [4.69, 9.17) is 20.9 Å². The van der Waals surface area contributed by atoms with Gasteiger partial charge in [-0.3, -0.25) is 4.79 Å². The van der Waals surface area contributed by atoms with Crippen molar-refractivity contribution in [3.63, 3.8) is 0 Å². The molecule has 0 aromatic heterocycles. The number of aliphatic carboxylic acids is 2. The van der Waals surface area contributed by atoms with Crippen molar-refractivity contribution in [3.8, 4) is 0 Å². The molecule has 0 radical (unpaired) electrons. The van der Waals surface area contributed by atoms with Gasteiger partial charge in [0.25, 0.3) is 6.04 Å². The topological polar surface area (TPSA) is 156 Å². The minimum absolute atomic E-state index is 0.0903. The van der Waals surface area contributed by atoms with E-state index in [9.17, 15) is 19.2 Å². The number of nitrogens with one attached hydrogen (secondary N) is 1. The molecule has 1 rings (SSSR count). The van der Waals surface area contributed by atoms with Gasteiger partial charge in [-0.15, -0.1) is 0 Å². The molecule has 0 aliphatic rings. The molecule has 1 aromatic rings. The van der Waals surface area contributed by atoms with Gasteiger partial charge in [-0.05, 0) is 16.8 Å². The predicted molar refractivity (Wildman–Crippen MR) is 69.0 cm³/mol. The van der Waals surface area contributed by atoms with Crippen LogP contribution in [0.1, 0.15) is 33.6 Å². The molecule has 1 amide bonds. The minimum Gasteiger partial charge on any atom is -0.481 e. The van der Waals surface area contributed by atoms with Crippen molar-refractivity contribution in [1.82, 2.24) is 0 Å². The molecule has 0 saturated heterocycles. The maximum Gasteiger partial charge on any atom is 0.445 e. The Labute approximate surface area is 123 Å². The third kappa shape index (κ3) is 3.95. The number of carbonyl (C=O) groups excluding carboxylic acids is 1. The summed E-state index contributed by atoms with van der Waals surface area (Å²) in [6, 6.07) is 3.37. The van der Waals surface area contributed by atoms with Gasteiger partial charge in [0.1, 0.15) is 5.56 Å². The Kier molecular flexibility index (Phi) is 5.44. The van der Waals surface area contributed by atoms with Crippen LogP contribution in [0.3, 0.4) is 0 Å². The molecule has 0 aliphatic carbocycles. The van der Waals surface area contributed by atoms with E-state index in [1.807, 2.05) is 0 Å². The molecule has 0 heterocycles. The maximum absolute atomic E-state index is 12.1. The lowest BCUT2D eigenvalue weighted by Gasteiger charge is -2.07. The Balaban J connectivity index is 3.09. The quantitative estimate of drug-likeness (QED) is 0.430. The highest BCUT2D eigenvalue weighted by Gasteiger charge is 2.38. The van der Waals surface area contributed by atoms with Crippen LogP contribution in [-0.2, 0) is 9.59 Å². The van der Waals surface area contributed by atoms with Crippen LogP contribution in [0.5, 0.6) is 0 Å². The first-order valence-corrected chi connectivity index (χ1v) is 6.07. The van der Waals surface area contributed by atoms with Crippen molar-refractivity contribution in [1.29, 1.82) is 5.53 Å². The van der Waals surface area contributed by atoms with Gasteiger partial charge in [-0.25, -0.2) is 14.4 Å². The number of carbonyl (C=O) groups is 4.